The van der Waals surface area contributed by atoms with Crippen molar-refractivity contribution in [1.29, 1.82) is 0 Å². The first kappa shape index (κ1) is 32.2. The van der Waals surface area contributed by atoms with Crippen molar-refractivity contribution in [3.8, 4) is 0 Å². The van der Waals surface area contributed by atoms with E-state index in [0.29, 0.717) is 18.5 Å². The smallest absolute Gasteiger partial charge is 0.475 e. The molecule has 3 aliphatic rings. The van der Waals surface area contributed by atoms with Crippen molar-refractivity contribution >= 4 is 17.8 Å². The number of aliphatic carboxylic acids is 2. The van der Waals surface area contributed by atoms with Gasteiger partial charge < -0.3 is 19.8 Å². The van der Waals surface area contributed by atoms with E-state index in [4.69, 9.17) is 24.5 Å². The van der Waals surface area contributed by atoms with E-state index in [1.807, 2.05) is 12.1 Å². The second-order valence-corrected chi connectivity index (χ2v) is 8.87. The summed E-state index contributed by atoms with van der Waals surface area (Å²) >= 11 is 0. The zero-order valence-corrected chi connectivity index (χ0v) is 20.5. The number of nitrogens with zero attached hydrogens (tertiary/aromatic N) is 3. The molecule has 0 saturated carbocycles. The molecule has 0 bridgehead atoms. The molecule has 3 saturated heterocycles. The van der Waals surface area contributed by atoms with Gasteiger partial charge in [0.15, 0.2) is 0 Å². The average Bonchev–Trinajstić information content (AvgIpc) is 3.37. The molecule has 16 heteroatoms. The molecule has 0 aromatic heterocycles. The average molecular weight is 575 g/mol. The summed E-state index contributed by atoms with van der Waals surface area (Å²) in [5, 5.41) is 14.2. The highest BCUT2D eigenvalue weighted by Crippen LogP contribution is 2.33. The Morgan fingerprint density at radius 1 is 0.872 bits per heavy atom. The Labute approximate surface area is 218 Å². The molecule has 3 heterocycles. The van der Waals surface area contributed by atoms with Gasteiger partial charge in [0.2, 0.25) is 5.91 Å². The molecule has 39 heavy (non-hydrogen) atoms. The largest absolute Gasteiger partial charge is 0.490 e. The third-order valence-electron chi connectivity index (χ3n) is 6.27. The molecule has 1 amide bonds. The van der Waals surface area contributed by atoms with Gasteiger partial charge in [-0.1, -0.05) is 12.1 Å². The number of morpholine rings is 1. The lowest BCUT2D eigenvalue weighted by Gasteiger charge is -2.30. The predicted molar refractivity (Wildman–Crippen MR) is 120 cm³/mol. The van der Waals surface area contributed by atoms with Crippen LogP contribution in [0.2, 0.25) is 0 Å². The zero-order valence-electron chi connectivity index (χ0n) is 20.5. The number of fused-ring (bicyclic) bond motifs is 1. The van der Waals surface area contributed by atoms with Crippen LogP contribution in [-0.4, -0.2) is 113 Å². The number of ether oxygens (including phenoxy) is 1. The fraction of sp³-hybridized carbons (Fsp3) is 0.609. The van der Waals surface area contributed by atoms with Crippen LogP contribution in [0.1, 0.15) is 18.4 Å². The highest BCUT2D eigenvalue weighted by atomic mass is 19.4. The highest BCUT2D eigenvalue weighted by molar-refractivity contribution is 5.80. The van der Waals surface area contributed by atoms with Crippen molar-refractivity contribution in [3.05, 3.63) is 35.6 Å². The molecule has 1 aromatic carbocycles. The Morgan fingerprint density at radius 2 is 1.38 bits per heavy atom. The van der Waals surface area contributed by atoms with Crippen LogP contribution in [0.15, 0.2) is 24.3 Å². The van der Waals surface area contributed by atoms with Crippen molar-refractivity contribution in [1.82, 2.24) is 14.7 Å². The number of carboxylic acid groups (broad SMARTS) is 2. The Kier molecular flexibility index (Phi) is 11.5. The van der Waals surface area contributed by atoms with E-state index >= 15 is 0 Å². The lowest BCUT2D eigenvalue weighted by atomic mass is 10.1. The molecule has 0 spiro atoms. The summed E-state index contributed by atoms with van der Waals surface area (Å²) in [5.74, 6) is -5.43. The number of rotatable bonds is 5. The molecule has 3 aliphatic heterocycles. The third-order valence-corrected chi connectivity index (χ3v) is 6.27. The number of amides is 1. The Bertz CT molecular complexity index is 944. The minimum atomic E-state index is -5.08. The first-order valence-corrected chi connectivity index (χ1v) is 11.8. The number of alkyl halides is 6. The standard InChI is InChI=1S/C19H26FN3O2.2C2HF3O2/c20-16-3-1-15(2-4-16)14-22-6-5-17-18(22)13-19(24)23(17)8-7-21-9-11-25-12-10-21;2*3-2(4,5)1(6)7/h1-4,17-18H,5-14H2;2*(H,6,7)/t17-,18+;;/m0../s1. The lowest BCUT2D eigenvalue weighted by molar-refractivity contribution is -0.193. The zero-order chi connectivity index (χ0) is 29.4. The summed E-state index contributed by atoms with van der Waals surface area (Å²) < 4.78 is 81.9. The Hall–Kier alpha value is -2.98. The van der Waals surface area contributed by atoms with Gasteiger partial charge in [0.25, 0.3) is 0 Å². The molecule has 0 aliphatic carbocycles. The number of carbonyl (C=O) groups is 3. The van der Waals surface area contributed by atoms with Gasteiger partial charge in [-0.25, -0.2) is 14.0 Å². The molecule has 2 N–H and O–H groups in total. The van der Waals surface area contributed by atoms with Crippen LogP contribution >= 0.6 is 0 Å². The van der Waals surface area contributed by atoms with E-state index in [-0.39, 0.29) is 11.7 Å². The summed E-state index contributed by atoms with van der Waals surface area (Å²) in [6, 6.07) is 7.36. The Balaban J connectivity index is 0.000000317. The molecule has 2 atom stereocenters. The normalized spacial score (nSPS) is 21.9. The van der Waals surface area contributed by atoms with Crippen molar-refractivity contribution in [3.63, 3.8) is 0 Å². The molecule has 4 rings (SSSR count). The van der Waals surface area contributed by atoms with E-state index < -0.39 is 24.3 Å². The maximum atomic E-state index is 13.1. The number of benzene rings is 1. The number of carbonyl (C=O) groups excluding carboxylic acids is 1. The predicted octanol–water partition coefficient (Wildman–Crippen LogP) is 2.60. The van der Waals surface area contributed by atoms with Gasteiger partial charge in [-0.2, -0.15) is 26.3 Å². The monoisotopic (exact) mass is 575 g/mol. The van der Waals surface area contributed by atoms with Crippen molar-refractivity contribution in [2.24, 2.45) is 0 Å². The van der Waals surface area contributed by atoms with E-state index in [1.54, 1.807) is 0 Å². The SMILES string of the molecule is O=C(O)C(F)(F)F.O=C(O)C(F)(F)F.O=C1C[C@@H]2[C@H](CCN2Cc2ccc(F)cc2)N1CCN1CCOCC1. The maximum Gasteiger partial charge on any atom is 0.490 e. The van der Waals surface area contributed by atoms with E-state index in [2.05, 4.69) is 14.7 Å². The highest BCUT2D eigenvalue weighted by Gasteiger charge is 2.46. The minimum Gasteiger partial charge on any atom is -0.475 e. The van der Waals surface area contributed by atoms with E-state index in [9.17, 15) is 35.5 Å². The topological polar surface area (TPSA) is 111 Å². The van der Waals surface area contributed by atoms with Crippen LogP contribution in [0.5, 0.6) is 0 Å². The summed E-state index contributed by atoms with van der Waals surface area (Å²) in [5.41, 5.74) is 1.11. The van der Waals surface area contributed by atoms with Crippen molar-refractivity contribution in [2.75, 3.05) is 45.9 Å². The summed E-state index contributed by atoms with van der Waals surface area (Å²) in [6.45, 7) is 7.09. The third kappa shape index (κ3) is 10.3. The Morgan fingerprint density at radius 3 is 1.87 bits per heavy atom. The molecule has 1 aromatic rings. The van der Waals surface area contributed by atoms with Crippen LogP contribution < -0.4 is 0 Å². The maximum absolute atomic E-state index is 13.1. The van der Waals surface area contributed by atoms with Crippen LogP contribution in [0.4, 0.5) is 30.7 Å². The van der Waals surface area contributed by atoms with Gasteiger partial charge in [0, 0.05) is 57.8 Å². The molecular formula is C23H28F7N3O6. The van der Waals surface area contributed by atoms with Gasteiger partial charge in [0.05, 0.1) is 13.2 Å². The van der Waals surface area contributed by atoms with Gasteiger partial charge in [-0.15, -0.1) is 0 Å². The molecule has 220 valence electrons. The van der Waals surface area contributed by atoms with Crippen LogP contribution in [0, 0.1) is 5.82 Å². The van der Waals surface area contributed by atoms with Gasteiger partial charge in [-0.05, 0) is 24.1 Å². The van der Waals surface area contributed by atoms with Gasteiger partial charge in [-0.3, -0.25) is 14.6 Å². The molecule has 0 unspecified atom stereocenters. The number of hydrogen-bond donors (Lipinski definition) is 2. The van der Waals surface area contributed by atoms with E-state index in [0.717, 1.165) is 64.5 Å². The van der Waals surface area contributed by atoms with Crippen LogP contribution in [-0.2, 0) is 25.7 Å². The minimum absolute atomic E-state index is 0.201. The molecule has 0 radical (unpaired) electrons. The number of carboxylic acids is 2. The first-order valence-electron chi connectivity index (χ1n) is 11.8. The summed E-state index contributed by atoms with van der Waals surface area (Å²) in [6.07, 6.45) is -8.50. The fourth-order valence-corrected chi connectivity index (χ4v) is 4.39. The van der Waals surface area contributed by atoms with Crippen molar-refractivity contribution < 1.29 is 60.1 Å². The van der Waals surface area contributed by atoms with Gasteiger partial charge >= 0.3 is 24.3 Å². The summed E-state index contributed by atoms with van der Waals surface area (Å²) in [7, 11) is 0. The molecule has 3 fully saturated rings. The second kappa shape index (κ2) is 13.9. The first-order chi connectivity index (χ1) is 18.1. The van der Waals surface area contributed by atoms with Crippen molar-refractivity contribution in [2.45, 2.75) is 43.8 Å². The van der Waals surface area contributed by atoms with Gasteiger partial charge in [0.1, 0.15) is 5.82 Å². The summed E-state index contributed by atoms with van der Waals surface area (Å²) in [4.78, 5) is 37.2. The van der Waals surface area contributed by atoms with E-state index in [1.165, 1.54) is 12.1 Å². The number of likely N-dealkylation sites (tertiary alicyclic amines) is 2. The molecule has 9 nitrogen and oxygen atoms in total. The quantitative estimate of drug-likeness (QED) is 0.516. The lowest BCUT2D eigenvalue weighted by Crippen LogP contribution is -2.44. The van der Waals surface area contributed by atoms with Crippen LogP contribution in [0.25, 0.3) is 0 Å². The second-order valence-electron chi connectivity index (χ2n) is 8.87. The number of hydrogen-bond acceptors (Lipinski definition) is 6. The number of halogens is 7. The van der Waals surface area contributed by atoms with Crippen LogP contribution in [0.3, 0.4) is 0 Å². The molecular weight excluding hydrogens is 547 g/mol. The fourth-order valence-electron chi connectivity index (χ4n) is 4.39.